The third-order valence-electron chi connectivity index (χ3n) is 3.94. The van der Waals surface area contributed by atoms with Gasteiger partial charge in [-0.05, 0) is 40.6 Å². The molecule has 5 nitrogen and oxygen atoms in total. The number of nitrogens with zero attached hydrogens (tertiary/aromatic N) is 1. The summed E-state index contributed by atoms with van der Waals surface area (Å²) in [4.78, 5) is 27.0. The van der Waals surface area contributed by atoms with Gasteiger partial charge in [0.2, 0.25) is 0 Å². The highest BCUT2D eigenvalue weighted by Crippen LogP contribution is 2.43. The van der Waals surface area contributed by atoms with Gasteiger partial charge in [0.1, 0.15) is 5.76 Å². The van der Waals surface area contributed by atoms with E-state index in [1.165, 1.54) is 11.3 Å². The number of carbonyl (C=O) groups excluding carboxylic acids is 2. The number of aliphatic hydroxyl groups is 1. The van der Waals surface area contributed by atoms with E-state index >= 15 is 0 Å². The van der Waals surface area contributed by atoms with Gasteiger partial charge >= 0.3 is 6.03 Å². The lowest BCUT2D eigenvalue weighted by molar-refractivity contribution is -0.112. The van der Waals surface area contributed by atoms with Crippen molar-refractivity contribution in [1.82, 2.24) is 0 Å². The molecule has 3 aromatic rings. The number of thiophene rings is 2. The molecule has 2 aromatic heterocycles. The van der Waals surface area contributed by atoms with Crippen LogP contribution in [0.1, 0.15) is 10.4 Å². The highest BCUT2D eigenvalue weighted by Gasteiger charge is 2.38. The molecule has 1 aliphatic rings. The van der Waals surface area contributed by atoms with E-state index in [1.807, 2.05) is 23.6 Å². The zero-order chi connectivity index (χ0) is 17.6. The van der Waals surface area contributed by atoms with Crippen molar-refractivity contribution in [3.63, 3.8) is 0 Å². The number of carbonyl (C=O) groups is 2. The molecule has 0 saturated carbocycles. The highest BCUT2D eigenvalue weighted by molar-refractivity contribution is 7.13. The lowest BCUT2D eigenvalue weighted by Crippen LogP contribution is -2.37. The molecule has 25 heavy (non-hydrogen) atoms. The minimum Gasteiger partial charge on any atom is -0.506 e. The van der Waals surface area contributed by atoms with Gasteiger partial charge in [0.15, 0.2) is 0 Å². The predicted molar refractivity (Wildman–Crippen MR) is 101 cm³/mol. The fraction of sp³-hybridized carbons (Fsp3) is 0. The largest absolute Gasteiger partial charge is 0.506 e. The lowest BCUT2D eigenvalue weighted by Gasteiger charge is -2.11. The Hall–Kier alpha value is -2.90. The molecule has 4 rings (SSSR count). The molecule has 3 N–H and O–H groups in total. The molecule has 3 amide bonds. The maximum atomic E-state index is 12.8. The van der Waals surface area contributed by atoms with Crippen molar-refractivity contribution in [2.45, 2.75) is 0 Å². The molecular weight excluding hydrogens is 356 g/mol. The second-order valence-electron chi connectivity index (χ2n) is 5.39. The Bertz CT molecular complexity index is 1010. The van der Waals surface area contributed by atoms with Crippen LogP contribution in [0.5, 0.6) is 0 Å². The topological polar surface area (TPSA) is 83.6 Å². The number of rotatable bonds is 2. The minimum atomic E-state index is -0.871. The molecule has 3 heterocycles. The van der Waals surface area contributed by atoms with E-state index < -0.39 is 11.9 Å². The van der Waals surface area contributed by atoms with Crippen LogP contribution in [0, 0.1) is 0 Å². The molecule has 7 heteroatoms. The lowest BCUT2D eigenvalue weighted by atomic mass is 10.0. The molecule has 124 valence electrons. The van der Waals surface area contributed by atoms with Gasteiger partial charge in [0.25, 0.3) is 5.91 Å². The first-order valence-electron chi connectivity index (χ1n) is 7.37. The van der Waals surface area contributed by atoms with Crippen molar-refractivity contribution in [2.75, 3.05) is 4.90 Å². The Labute approximate surface area is 151 Å². The number of aliphatic hydroxyl groups excluding tert-OH is 1. The molecule has 0 bridgehead atoms. The Kier molecular flexibility index (Phi) is 3.67. The van der Waals surface area contributed by atoms with Crippen LogP contribution < -0.4 is 10.6 Å². The van der Waals surface area contributed by atoms with Gasteiger partial charge in [-0.25, -0.2) is 9.69 Å². The number of hydrogen-bond acceptors (Lipinski definition) is 5. The molecule has 0 radical (unpaired) electrons. The van der Waals surface area contributed by atoms with Gasteiger partial charge in [-0.3, -0.25) is 4.79 Å². The van der Waals surface area contributed by atoms with E-state index in [-0.39, 0.29) is 11.3 Å². The molecule has 0 spiro atoms. The summed E-state index contributed by atoms with van der Waals surface area (Å²) in [6, 6.07) is 11.9. The molecule has 0 unspecified atom stereocenters. The van der Waals surface area contributed by atoms with Crippen LogP contribution in [-0.2, 0) is 4.79 Å². The number of amides is 3. The molecule has 0 aliphatic carbocycles. The zero-order valence-corrected chi connectivity index (χ0v) is 14.4. The first kappa shape index (κ1) is 15.6. The van der Waals surface area contributed by atoms with Gasteiger partial charge in [-0.2, -0.15) is 0 Å². The first-order chi connectivity index (χ1) is 12.1. The summed E-state index contributed by atoms with van der Waals surface area (Å²) >= 11 is 2.88. The van der Waals surface area contributed by atoms with Crippen molar-refractivity contribution in [2.24, 2.45) is 5.73 Å². The standard InChI is InChI=1S/C18H12N2O3S2/c19-18(23)20-12-6-5-10(13-3-1-7-24-13)9-11(12)15(17(20)22)16(21)14-4-2-8-25-14/h1-9,21H,(H2,19,23). The second kappa shape index (κ2) is 5.87. The summed E-state index contributed by atoms with van der Waals surface area (Å²) < 4.78 is 0. The van der Waals surface area contributed by atoms with E-state index in [0.717, 1.165) is 15.3 Å². The van der Waals surface area contributed by atoms with Crippen LogP contribution in [0.4, 0.5) is 10.5 Å². The summed E-state index contributed by atoms with van der Waals surface area (Å²) in [5, 5.41) is 14.4. The summed E-state index contributed by atoms with van der Waals surface area (Å²) in [5.41, 5.74) is 7.27. The third-order valence-corrected chi connectivity index (χ3v) is 5.74. The maximum Gasteiger partial charge on any atom is 0.326 e. The summed E-state index contributed by atoms with van der Waals surface area (Å²) in [5.74, 6) is -0.759. The van der Waals surface area contributed by atoms with Crippen molar-refractivity contribution >= 4 is 51.6 Å². The monoisotopic (exact) mass is 368 g/mol. The van der Waals surface area contributed by atoms with Crippen LogP contribution in [-0.4, -0.2) is 17.0 Å². The van der Waals surface area contributed by atoms with Crippen LogP contribution in [0.2, 0.25) is 0 Å². The minimum absolute atomic E-state index is 0.0923. The average molecular weight is 368 g/mol. The number of urea groups is 1. The van der Waals surface area contributed by atoms with Crippen molar-refractivity contribution in [1.29, 1.82) is 0 Å². The molecule has 0 saturated heterocycles. The van der Waals surface area contributed by atoms with Crippen LogP contribution in [0.25, 0.3) is 21.8 Å². The quantitative estimate of drug-likeness (QED) is 0.522. The Balaban J connectivity index is 1.96. The fourth-order valence-corrected chi connectivity index (χ4v) is 4.25. The van der Waals surface area contributed by atoms with Crippen LogP contribution in [0.15, 0.2) is 53.2 Å². The fourth-order valence-electron chi connectivity index (χ4n) is 2.85. The molecule has 1 aliphatic heterocycles. The third kappa shape index (κ3) is 2.45. The summed E-state index contributed by atoms with van der Waals surface area (Å²) in [6.45, 7) is 0. The van der Waals surface area contributed by atoms with Gasteiger partial charge in [-0.15, -0.1) is 22.7 Å². The SMILES string of the molecule is NC(=O)N1C(=O)C(=C(O)c2cccs2)c2cc(-c3cccs3)ccc21. The van der Waals surface area contributed by atoms with Gasteiger partial charge < -0.3 is 10.8 Å². The summed E-state index contributed by atoms with van der Waals surface area (Å²) in [6.07, 6.45) is 0. The van der Waals surface area contributed by atoms with E-state index in [0.29, 0.717) is 16.1 Å². The van der Waals surface area contributed by atoms with Crippen molar-refractivity contribution < 1.29 is 14.7 Å². The van der Waals surface area contributed by atoms with Crippen LogP contribution >= 0.6 is 22.7 Å². The van der Waals surface area contributed by atoms with Gasteiger partial charge in [0, 0.05) is 10.4 Å². The number of anilines is 1. The molecular formula is C18H12N2O3S2. The van der Waals surface area contributed by atoms with E-state index in [1.54, 1.807) is 41.0 Å². The van der Waals surface area contributed by atoms with Crippen molar-refractivity contribution in [3.05, 3.63) is 63.7 Å². The van der Waals surface area contributed by atoms with Crippen molar-refractivity contribution in [3.8, 4) is 10.4 Å². The smallest absolute Gasteiger partial charge is 0.326 e. The highest BCUT2D eigenvalue weighted by atomic mass is 32.1. The number of imide groups is 1. The average Bonchev–Trinajstić information content (AvgIpc) is 3.33. The zero-order valence-electron chi connectivity index (χ0n) is 12.8. The Morgan fingerprint density at radius 2 is 1.84 bits per heavy atom. The number of fused-ring (bicyclic) bond motifs is 1. The normalized spacial score (nSPS) is 15.4. The second-order valence-corrected chi connectivity index (χ2v) is 7.28. The number of benzene rings is 1. The van der Waals surface area contributed by atoms with E-state index in [4.69, 9.17) is 5.73 Å². The molecule has 0 fully saturated rings. The summed E-state index contributed by atoms with van der Waals surface area (Å²) in [7, 11) is 0. The number of nitrogens with two attached hydrogens (primary N) is 1. The van der Waals surface area contributed by atoms with Crippen LogP contribution in [0.3, 0.4) is 0 Å². The van der Waals surface area contributed by atoms with E-state index in [9.17, 15) is 14.7 Å². The molecule has 0 atom stereocenters. The maximum absolute atomic E-state index is 12.8. The number of primary amides is 1. The van der Waals surface area contributed by atoms with Gasteiger partial charge in [0.05, 0.1) is 16.1 Å². The Morgan fingerprint density at radius 3 is 2.48 bits per heavy atom. The van der Waals surface area contributed by atoms with E-state index in [2.05, 4.69) is 0 Å². The van der Waals surface area contributed by atoms with Gasteiger partial charge in [-0.1, -0.05) is 18.2 Å². The predicted octanol–water partition coefficient (Wildman–Crippen LogP) is 4.33. The number of hydrogen-bond donors (Lipinski definition) is 2. The Morgan fingerprint density at radius 1 is 1.08 bits per heavy atom. The molecule has 1 aromatic carbocycles. The first-order valence-corrected chi connectivity index (χ1v) is 9.13.